The number of halogens is 2. The van der Waals surface area contributed by atoms with Crippen LogP contribution in [0.1, 0.15) is 40.0 Å². The number of nitrogens with two attached hydrogens (primary N) is 1. The molecule has 0 aliphatic rings. The Morgan fingerprint density at radius 1 is 1.06 bits per heavy atom. The van der Waals surface area contributed by atoms with Crippen LogP contribution in [0.5, 0.6) is 0 Å². The number of benzene rings is 2. The van der Waals surface area contributed by atoms with Gasteiger partial charge in [0, 0.05) is 23.9 Å². The Kier molecular flexibility index (Phi) is 7.11. The van der Waals surface area contributed by atoms with Crippen LogP contribution in [-0.2, 0) is 6.54 Å². The number of anilines is 2. The van der Waals surface area contributed by atoms with E-state index in [2.05, 4.69) is 25.6 Å². The van der Waals surface area contributed by atoms with Crippen LogP contribution >= 0.6 is 0 Å². The molecule has 0 bridgehead atoms. The zero-order chi connectivity index (χ0) is 25.7. The lowest BCUT2D eigenvalue weighted by Gasteiger charge is -2.17. The van der Waals surface area contributed by atoms with E-state index in [1.165, 1.54) is 42.9 Å². The Balaban J connectivity index is 1.51. The fraction of sp³-hybridized carbons (Fsp3) is 0.115. The Morgan fingerprint density at radius 2 is 1.83 bits per heavy atom. The number of rotatable bonds is 7. The molecule has 8 nitrogen and oxygen atoms in total. The minimum Gasteiger partial charge on any atom is -0.382 e. The van der Waals surface area contributed by atoms with Crippen molar-refractivity contribution < 1.29 is 13.6 Å². The number of nitrogens with one attached hydrogen (secondary N) is 2. The van der Waals surface area contributed by atoms with Gasteiger partial charge in [0.05, 0.1) is 35.3 Å². The van der Waals surface area contributed by atoms with Gasteiger partial charge >= 0.3 is 0 Å². The van der Waals surface area contributed by atoms with E-state index in [1.807, 2.05) is 6.07 Å². The van der Waals surface area contributed by atoms with E-state index in [1.54, 1.807) is 31.2 Å². The number of nitrogen functional groups attached to an aromatic ring is 1. The maximum Gasteiger partial charge on any atom is 0.255 e. The molecule has 0 saturated carbocycles. The number of nitriles is 1. The Labute approximate surface area is 205 Å². The van der Waals surface area contributed by atoms with Gasteiger partial charge in [-0.2, -0.15) is 5.26 Å². The van der Waals surface area contributed by atoms with Crippen molar-refractivity contribution in [3.05, 3.63) is 101 Å². The smallest absolute Gasteiger partial charge is 0.255 e. The Hall–Kier alpha value is -4.91. The summed E-state index contributed by atoms with van der Waals surface area (Å²) in [6.45, 7) is 1.79. The van der Waals surface area contributed by atoms with Gasteiger partial charge in [-0.25, -0.2) is 18.7 Å². The lowest BCUT2D eigenvalue weighted by molar-refractivity contribution is 0.0940. The molecule has 0 radical (unpaired) electrons. The minimum absolute atomic E-state index is 0.0340. The van der Waals surface area contributed by atoms with Crippen molar-refractivity contribution in [2.45, 2.75) is 19.5 Å². The first kappa shape index (κ1) is 24.2. The number of hydrogen-bond donors (Lipinski definition) is 3. The van der Waals surface area contributed by atoms with Crippen LogP contribution in [0, 0.1) is 23.0 Å². The molecule has 2 aromatic heterocycles. The van der Waals surface area contributed by atoms with Crippen molar-refractivity contribution in [3.63, 3.8) is 0 Å². The summed E-state index contributed by atoms with van der Waals surface area (Å²) in [7, 11) is 0. The summed E-state index contributed by atoms with van der Waals surface area (Å²) in [6.07, 6.45) is 4.17. The van der Waals surface area contributed by atoms with Crippen molar-refractivity contribution in [2.24, 2.45) is 0 Å². The number of carbonyl (C=O) groups excluding carboxylic acids is 1. The summed E-state index contributed by atoms with van der Waals surface area (Å²) in [4.78, 5) is 25.3. The summed E-state index contributed by atoms with van der Waals surface area (Å²) >= 11 is 0. The zero-order valence-electron chi connectivity index (χ0n) is 19.2. The molecule has 0 spiro atoms. The van der Waals surface area contributed by atoms with E-state index >= 15 is 0 Å². The van der Waals surface area contributed by atoms with Gasteiger partial charge in [0.15, 0.2) is 0 Å². The number of nitrogens with zero attached hydrogens (tertiary/aromatic N) is 4. The van der Waals surface area contributed by atoms with Gasteiger partial charge in [-0.1, -0.05) is 24.3 Å². The molecule has 2 aromatic carbocycles. The van der Waals surface area contributed by atoms with E-state index in [-0.39, 0.29) is 35.1 Å². The van der Waals surface area contributed by atoms with Crippen molar-refractivity contribution in [2.75, 3.05) is 11.1 Å². The highest BCUT2D eigenvalue weighted by Crippen LogP contribution is 2.22. The van der Waals surface area contributed by atoms with E-state index in [9.17, 15) is 18.8 Å². The average Bonchev–Trinajstić information content (AvgIpc) is 2.88. The minimum atomic E-state index is -0.489. The first-order valence-corrected chi connectivity index (χ1v) is 10.9. The van der Waals surface area contributed by atoms with Crippen molar-refractivity contribution in [3.8, 4) is 17.3 Å². The lowest BCUT2D eigenvalue weighted by Crippen LogP contribution is -2.28. The van der Waals surface area contributed by atoms with Gasteiger partial charge in [-0.3, -0.25) is 9.78 Å². The third kappa shape index (κ3) is 5.59. The number of aromatic nitrogens is 3. The van der Waals surface area contributed by atoms with Gasteiger partial charge in [0.25, 0.3) is 5.91 Å². The van der Waals surface area contributed by atoms with Gasteiger partial charge in [0.1, 0.15) is 29.3 Å². The molecule has 2 heterocycles. The molecule has 0 fully saturated rings. The van der Waals surface area contributed by atoms with Crippen molar-refractivity contribution >= 4 is 17.5 Å². The number of carbonyl (C=O) groups is 1. The highest BCUT2D eigenvalue weighted by atomic mass is 19.1. The predicted molar refractivity (Wildman–Crippen MR) is 130 cm³/mol. The van der Waals surface area contributed by atoms with Gasteiger partial charge in [-0.05, 0) is 36.8 Å². The quantitative estimate of drug-likeness (QED) is 0.354. The maximum atomic E-state index is 14.8. The molecular formula is C26H21F2N7O. The van der Waals surface area contributed by atoms with Crippen LogP contribution in [-0.4, -0.2) is 20.9 Å². The number of pyridine rings is 1. The monoisotopic (exact) mass is 485 g/mol. The fourth-order valence-electron chi connectivity index (χ4n) is 3.47. The third-order valence-corrected chi connectivity index (χ3v) is 5.45. The summed E-state index contributed by atoms with van der Waals surface area (Å²) in [5, 5.41) is 15.0. The summed E-state index contributed by atoms with van der Waals surface area (Å²) in [5.41, 5.74) is 7.91. The average molecular weight is 485 g/mol. The second kappa shape index (κ2) is 10.6. The van der Waals surface area contributed by atoms with Crippen LogP contribution in [0.15, 0.2) is 67.1 Å². The highest BCUT2D eigenvalue weighted by Gasteiger charge is 2.18. The predicted octanol–water partition coefficient (Wildman–Crippen LogP) is 4.37. The first-order valence-electron chi connectivity index (χ1n) is 10.9. The van der Waals surface area contributed by atoms with Crippen molar-refractivity contribution in [1.29, 1.82) is 5.26 Å². The molecule has 180 valence electrons. The second-order valence-electron chi connectivity index (χ2n) is 7.96. The molecule has 0 saturated heterocycles. The molecule has 0 aliphatic heterocycles. The van der Waals surface area contributed by atoms with Gasteiger partial charge in [-0.15, -0.1) is 0 Å². The van der Waals surface area contributed by atoms with Crippen LogP contribution < -0.4 is 16.4 Å². The molecule has 1 amide bonds. The maximum absolute atomic E-state index is 14.8. The number of amides is 1. The first-order chi connectivity index (χ1) is 17.3. The molecule has 4 N–H and O–H groups in total. The summed E-state index contributed by atoms with van der Waals surface area (Å²) in [5.74, 6) is -0.899. The standard InChI is InChI=1S/C26H21F2N7O/c1-15(17-4-6-20(27)7-5-17)35-26(36)21-8-16(10-29)11-33-25(21)34-12-19-3-2-18(9-22(19)28)23-13-32-24(30)14-31-23/h2-9,11,13-15H,12H2,1H3,(H2,30,32)(H,33,34)(H,35,36)/t15-/m0/s1. The van der Waals surface area contributed by atoms with Crippen molar-refractivity contribution in [1.82, 2.24) is 20.3 Å². The molecule has 4 rings (SSSR count). The molecule has 4 aromatic rings. The van der Waals surface area contributed by atoms with Crippen LogP contribution in [0.4, 0.5) is 20.4 Å². The second-order valence-corrected chi connectivity index (χ2v) is 7.96. The molecule has 0 unspecified atom stereocenters. The summed E-state index contributed by atoms with van der Waals surface area (Å²) in [6, 6.07) is 13.3. The topological polar surface area (TPSA) is 130 Å². The SMILES string of the molecule is C[C@H](NC(=O)c1cc(C#N)cnc1NCc1ccc(-c2cnc(N)cn2)cc1F)c1ccc(F)cc1. The molecule has 1 atom stereocenters. The highest BCUT2D eigenvalue weighted by molar-refractivity contribution is 5.99. The Bertz CT molecular complexity index is 1430. The molecule has 36 heavy (non-hydrogen) atoms. The van der Waals surface area contributed by atoms with Crippen LogP contribution in [0.2, 0.25) is 0 Å². The summed E-state index contributed by atoms with van der Waals surface area (Å²) < 4.78 is 28.0. The van der Waals surface area contributed by atoms with Crippen LogP contribution in [0.25, 0.3) is 11.3 Å². The molecular weight excluding hydrogens is 464 g/mol. The van der Waals surface area contributed by atoms with E-state index in [0.29, 0.717) is 22.4 Å². The normalized spacial score (nSPS) is 11.4. The molecule has 0 aliphatic carbocycles. The van der Waals surface area contributed by atoms with E-state index in [0.717, 1.165) is 0 Å². The number of hydrogen-bond acceptors (Lipinski definition) is 7. The largest absolute Gasteiger partial charge is 0.382 e. The van der Waals surface area contributed by atoms with E-state index in [4.69, 9.17) is 5.73 Å². The zero-order valence-corrected chi connectivity index (χ0v) is 19.2. The molecule has 10 heteroatoms. The van der Waals surface area contributed by atoms with Crippen LogP contribution in [0.3, 0.4) is 0 Å². The fourth-order valence-corrected chi connectivity index (χ4v) is 3.47. The van der Waals surface area contributed by atoms with Gasteiger partial charge < -0.3 is 16.4 Å². The third-order valence-electron chi connectivity index (χ3n) is 5.45. The Morgan fingerprint density at radius 3 is 2.50 bits per heavy atom. The van der Waals surface area contributed by atoms with Gasteiger partial charge in [0.2, 0.25) is 0 Å². The van der Waals surface area contributed by atoms with E-state index < -0.39 is 17.8 Å². The lowest BCUT2D eigenvalue weighted by atomic mass is 10.1.